The van der Waals surface area contributed by atoms with Gasteiger partial charge in [-0.05, 0) is 5.56 Å². The van der Waals surface area contributed by atoms with Crippen molar-refractivity contribution >= 4 is 18.0 Å². The monoisotopic (exact) mass is 295 g/mol. The fraction of sp³-hybridized carbons (Fsp3) is 0.308. The fourth-order valence-corrected chi connectivity index (χ4v) is 1.30. The number of benzene rings is 1. The van der Waals surface area contributed by atoms with Gasteiger partial charge in [0.05, 0.1) is 6.42 Å². The number of hydrogen-bond donors (Lipinski definition) is 4. The SMILES string of the molecule is O=C(O)CCNNC(=O)CNC(=O)OCc1ccccc1. The minimum absolute atomic E-state index is 0.0968. The van der Waals surface area contributed by atoms with Crippen LogP contribution < -0.4 is 16.2 Å². The summed E-state index contributed by atoms with van der Waals surface area (Å²) in [4.78, 5) is 32.8. The molecule has 0 aliphatic rings. The third-order valence-electron chi connectivity index (χ3n) is 2.30. The van der Waals surface area contributed by atoms with E-state index in [1.807, 2.05) is 30.3 Å². The molecule has 1 aromatic carbocycles. The van der Waals surface area contributed by atoms with E-state index < -0.39 is 18.0 Å². The predicted octanol–water partition coefficient (Wildman–Crippen LogP) is 0.00830. The Labute approximate surface area is 121 Å². The number of alkyl carbamates (subject to hydrolysis) is 1. The molecule has 0 aliphatic carbocycles. The Bertz CT molecular complexity index is 478. The molecule has 0 fully saturated rings. The van der Waals surface area contributed by atoms with Crippen molar-refractivity contribution in [1.29, 1.82) is 0 Å². The number of carboxylic acids is 1. The quantitative estimate of drug-likeness (QED) is 0.396. The third-order valence-corrected chi connectivity index (χ3v) is 2.30. The first kappa shape index (κ1) is 16.4. The van der Waals surface area contributed by atoms with Crippen LogP contribution in [0.2, 0.25) is 0 Å². The molecule has 114 valence electrons. The lowest BCUT2D eigenvalue weighted by atomic mass is 10.2. The smallest absolute Gasteiger partial charge is 0.407 e. The van der Waals surface area contributed by atoms with Gasteiger partial charge in [0.15, 0.2) is 0 Å². The van der Waals surface area contributed by atoms with Crippen molar-refractivity contribution < 1.29 is 24.2 Å². The molecule has 0 radical (unpaired) electrons. The van der Waals surface area contributed by atoms with E-state index in [4.69, 9.17) is 9.84 Å². The maximum Gasteiger partial charge on any atom is 0.407 e. The average molecular weight is 295 g/mol. The molecule has 0 spiro atoms. The van der Waals surface area contributed by atoms with Crippen LogP contribution in [-0.2, 0) is 20.9 Å². The van der Waals surface area contributed by atoms with E-state index in [0.717, 1.165) is 5.56 Å². The van der Waals surface area contributed by atoms with Crippen LogP contribution >= 0.6 is 0 Å². The van der Waals surface area contributed by atoms with Crippen molar-refractivity contribution in [2.75, 3.05) is 13.1 Å². The lowest BCUT2D eigenvalue weighted by Crippen LogP contribution is -2.44. The van der Waals surface area contributed by atoms with E-state index in [-0.39, 0.29) is 26.1 Å². The van der Waals surface area contributed by atoms with Gasteiger partial charge in [-0.1, -0.05) is 30.3 Å². The number of hydrazine groups is 1. The van der Waals surface area contributed by atoms with Crippen LogP contribution in [0, 0.1) is 0 Å². The molecule has 2 amide bonds. The Balaban J connectivity index is 2.09. The second-order valence-corrected chi connectivity index (χ2v) is 4.03. The highest BCUT2D eigenvalue weighted by molar-refractivity contribution is 5.81. The van der Waals surface area contributed by atoms with E-state index in [2.05, 4.69) is 16.2 Å². The molecule has 0 aliphatic heterocycles. The molecule has 0 saturated carbocycles. The number of carboxylic acid groups (broad SMARTS) is 1. The zero-order chi connectivity index (χ0) is 15.5. The maximum absolute atomic E-state index is 11.3. The zero-order valence-electron chi connectivity index (χ0n) is 11.3. The van der Waals surface area contributed by atoms with E-state index in [9.17, 15) is 14.4 Å². The number of nitrogens with one attached hydrogen (secondary N) is 3. The highest BCUT2D eigenvalue weighted by Gasteiger charge is 2.06. The summed E-state index contributed by atoms with van der Waals surface area (Å²) in [7, 11) is 0. The fourth-order valence-electron chi connectivity index (χ4n) is 1.30. The molecular weight excluding hydrogens is 278 g/mol. The van der Waals surface area contributed by atoms with Gasteiger partial charge < -0.3 is 15.2 Å². The van der Waals surface area contributed by atoms with Crippen LogP contribution in [0.3, 0.4) is 0 Å². The first-order chi connectivity index (χ1) is 10.1. The normalized spacial score (nSPS) is 9.71. The number of amides is 2. The first-order valence-corrected chi connectivity index (χ1v) is 6.26. The average Bonchev–Trinajstić information content (AvgIpc) is 2.48. The van der Waals surface area contributed by atoms with Crippen molar-refractivity contribution in [2.45, 2.75) is 13.0 Å². The van der Waals surface area contributed by atoms with Gasteiger partial charge in [0.25, 0.3) is 5.91 Å². The van der Waals surface area contributed by atoms with E-state index in [0.29, 0.717) is 0 Å². The van der Waals surface area contributed by atoms with Gasteiger partial charge in [-0.15, -0.1) is 0 Å². The molecule has 1 aromatic rings. The molecule has 0 atom stereocenters. The summed E-state index contributed by atoms with van der Waals surface area (Å²) in [6.07, 6.45) is -0.827. The number of ether oxygens (including phenoxy) is 1. The number of aliphatic carboxylic acids is 1. The standard InChI is InChI=1S/C13H17N3O5/c17-11(16-15-7-6-12(18)19)8-14-13(20)21-9-10-4-2-1-3-5-10/h1-5,15H,6-9H2,(H,14,20)(H,16,17)(H,18,19). The Morgan fingerprint density at radius 2 is 1.86 bits per heavy atom. The van der Waals surface area contributed by atoms with Crippen LogP contribution in [0.1, 0.15) is 12.0 Å². The van der Waals surface area contributed by atoms with E-state index in [1.54, 1.807) is 0 Å². The number of carbonyl (C=O) groups is 3. The lowest BCUT2D eigenvalue weighted by molar-refractivity contribution is -0.137. The topological polar surface area (TPSA) is 117 Å². The summed E-state index contributed by atoms with van der Waals surface area (Å²) >= 11 is 0. The third kappa shape index (κ3) is 8.22. The minimum Gasteiger partial charge on any atom is -0.481 e. The van der Waals surface area contributed by atoms with Crippen molar-refractivity contribution in [3.05, 3.63) is 35.9 Å². The molecule has 4 N–H and O–H groups in total. The Morgan fingerprint density at radius 3 is 2.52 bits per heavy atom. The summed E-state index contributed by atoms with van der Waals surface area (Å²) in [5.74, 6) is -1.48. The van der Waals surface area contributed by atoms with Crippen LogP contribution in [0.15, 0.2) is 30.3 Å². The number of rotatable bonds is 8. The highest BCUT2D eigenvalue weighted by Crippen LogP contribution is 2.00. The van der Waals surface area contributed by atoms with Crippen LogP contribution in [0.5, 0.6) is 0 Å². The van der Waals surface area contributed by atoms with E-state index in [1.165, 1.54) is 0 Å². The van der Waals surface area contributed by atoms with Crippen molar-refractivity contribution in [2.24, 2.45) is 0 Å². The molecule has 0 heterocycles. The van der Waals surface area contributed by atoms with Crippen LogP contribution in [-0.4, -0.2) is 36.2 Å². The first-order valence-electron chi connectivity index (χ1n) is 6.26. The van der Waals surface area contributed by atoms with Gasteiger partial charge >= 0.3 is 12.1 Å². The highest BCUT2D eigenvalue weighted by atomic mass is 16.5. The maximum atomic E-state index is 11.3. The predicted molar refractivity (Wildman–Crippen MR) is 73.0 cm³/mol. The summed E-state index contributed by atoms with van der Waals surface area (Å²) in [6.45, 7) is -0.0572. The van der Waals surface area contributed by atoms with Crippen molar-refractivity contribution in [1.82, 2.24) is 16.2 Å². The minimum atomic E-state index is -0.973. The second kappa shape index (κ2) is 9.32. The number of carbonyl (C=O) groups excluding carboxylic acids is 2. The van der Waals surface area contributed by atoms with Gasteiger partial charge in [-0.25, -0.2) is 10.2 Å². The Morgan fingerprint density at radius 1 is 1.14 bits per heavy atom. The van der Waals surface area contributed by atoms with Gasteiger partial charge in [0.2, 0.25) is 0 Å². The Hall–Kier alpha value is -2.61. The molecule has 0 unspecified atom stereocenters. The van der Waals surface area contributed by atoms with Crippen molar-refractivity contribution in [3.8, 4) is 0 Å². The van der Waals surface area contributed by atoms with Gasteiger partial charge in [-0.2, -0.15) is 0 Å². The van der Waals surface area contributed by atoms with Crippen LogP contribution in [0.4, 0.5) is 4.79 Å². The molecule has 0 bridgehead atoms. The molecule has 0 saturated heterocycles. The summed E-state index contributed by atoms with van der Waals surface area (Å²) in [6, 6.07) is 9.13. The van der Waals surface area contributed by atoms with E-state index >= 15 is 0 Å². The zero-order valence-corrected chi connectivity index (χ0v) is 11.3. The molecule has 21 heavy (non-hydrogen) atoms. The second-order valence-electron chi connectivity index (χ2n) is 4.03. The van der Waals surface area contributed by atoms with Crippen molar-refractivity contribution in [3.63, 3.8) is 0 Å². The van der Waals surface area contributed by atoms with Gasteiger partial charge in [0, 0.05) is 6.54 Å². The molecular formula is C13H17N3O5. The van der Waals surface area contributed by atoms with Gasteiger partial charge in [0.1, 0.15) is 13.2 Å². The molecule has 8 nitrogen and oxygen atoms in total. The van der Waals surface area contributed by atoms with Gasteiger partial charge in [-0.3, -0.25) is 15.0 Å². The largest absolute Gasteiger partial charge is 0.481 e. The summed E-state index contributed by atoms with van der Waals surface area (Å²) in [5.41, 5.74) is 5.51. The summed E-state index contributed by atoms with van der Waals surface area (Å²) < 4.78 is 4.91. The van der Waals surface area contributed by atoms with Crippen LogP contribution in [0.25, 0.3) is 0 Å². The lowest BCUT2D eigenvalue weighted by Gasteiger charge is -2.08. The molecule has 0 aromatic heterocycles. The number of hydrogen-bond acceptors (Lipinski definition) is 5. The Kier molecular flexibility index (Phi) is 7.30. The molecule has 1 rings (SSSR count). The summed E-state index contributed by atoms with van der Waals surface area (Å²) in [5, 5.41) is 10.7. The molecule has 8 heteroatoms.